The van der Waals surface area contributed by atoms with Crippen LogP contribution < -0.4 is 5.11 Å². The summed E-state index contributed by atoms with van der Waals surface area (Å²) in [6.07, 6.45) is 5.82. The summed E-state index contributed by atoms with van der Waals surface area (Å²) in [5.41, 5.74) is 1.98. The Labute approximate surface area is 314 Å². The molecule has 0 aliphatic carbocycles. The van der Waals surface area contributed by atoms with E-state index in [1.807, 2.05) is 36.4 Å². The van der Waals surface area contributed by atoms with Crippen LogP contribution in [0.2, 0.25) is 0 Å². The number of aliphatic carboxylic acids is 3. The summed E-state index contributed by atoms with van der Waals surface area (Å²) in [5.74, 6) is -3.05. The van der Waals surface area contributed by atoms with Gasteiger partial charge < -0.3 is 25.0 Å². The summed E-state index contributed by atoms with van der Waals surface area (Å²) in [5, 5.41) is 30.2. The molecule has 1 saturated heterocycles. The minimum Gasteiger partial charge on any atom is -0.549 e. The van der Waals surface area contributed by atoms with Crippen LogP contribution in [-0.4, -0.2) is 160 Å². The molecule has 3 heterocycles. The Balaban J connectivity index is 0.00000800. The molecular formula is C33H48GdN7O7+2. The Morgan fingerprint density at radius 1 is 0.688 bits per heavy atom. The van der Waals surface area contributed by atoms with Crippen molar-refractivity contribution >= 4 is 23.7 Å². The van der Waals surface area contributed by atoms with Gasteiger partial charge in [-0.3, -0.25) is 44.0 Å². The van der Waals surface area contributed by atoms with E-state index in [4.69, 9.17) is 0 Å². The molecule has 15 heteroatoms. The number of hydrogen-bond acceptors (Lipinski definition) is 12. The second kappa shape index (κ2) is 23.8. The van der Waals surface area contributed by atoms with Gasteiger partial charge in [0.25, 0.3) is 0 Å². The van der Waals surface area contributed by atoms with Crippen LogP contribution in [0.3, 0.4) is 0 Å². The maximum absolute atomic E-state index is 13.0. The number of Topliss-reactive ketones (excluding diaryl/α,β-unsaturated/α-hetero) is 1. The van der Waals surface area contributed by atoms with E-state index >= 15 is 0 Å². The number of nitrogens with zero attached hydrogens (tertiary/aromatic N) is 7. The number of carbonyl (C=O) groups excluding carboxylic acids is 2. The molecule has 2 aromatic rings. The number of aromatic nitrogens is 2. The molecule has 2 aromatic heterocycles. The minimum absolute atomic E-state index is 0. The number of hydrogen-bond donors (Lipinski definition) is 2. The van der Waals surface area contributed by atoms with E-state index in [2.05, 4.69) is 19.8 Å². The fraction of sp³-hybridized carbons (Fsp3) is 0.576. The average molecular weight is 812 g/mol. The summed E-state index contributed by atoms with van der Waals surface area (Å²) in [6, 6.07) is 11.7. The molecule has 0 saturated carbocycles. The predicted molar refractivity (Wildman–Crippen MR) is 172 cm³/mol. The van der Waals surface area contributed by atoms with Crippen molar-refractivity contribution in [3.63, 3.8) is 0 Å². The topological polar surface area (TPSA) is 174 Å². The fourth-order valence-electron chi connectivity index (χ4n) is 5.56. The molecule has 3 rings (SSSR count). The molecule has 0 spiro atoms. The number of rotatable bonds is 18. The van der Waals surface area contributed by atoms with Gasteiger partial charge in [0.15, 0.2) is 0 Å². The van der Waals surface area contributed by atoms with Crippen LogP contribution in [0.1, 0.15) is 30.7 Å². The van der Waals surface area contributed by atoms with Crippen molar-refractivity contribution in [1.29, 1.82) is 0 Å². The number of carboxylic acid groups (broad SMARTS) is 3. The first-order chi connectivity index (χ1) is 22.7. The van der Waals surface area contributed by atoms with Gasteiger partial charge in [0, 0.05) is 116 Å². The Hall–Kier alpha value is -2.50. The normalized spacial score (nSPS) is 16.0. The maximum atomic E-state index is 13.0. The van der Waals surface area contributed by atoms with Gasteiger partial charge >= 0.3 is 51.9 Å². The van der Waals surface area contributed by atoms with Crippen LogP contribution in [0, 0.1) is 39.9 Å². The molecule has 1 fully saturated rings. The van der Waals surface area contributed by atoms with Crippen LogP contribution in [-0.2, 0) is 32.1 Å². The molecular weight excluding hydrogens is 764 g/mol. The minimum atomic E-state index is -1.21. The van der Waals surface area contributed by atoms with Crippen molar-refractivity contribution in [3.05, 3.63) is 60.2 Å². The van der Waals surface area contributed by atoms with Crippen LogP contribution >= 0.6 is 0 Å². The van der Waals surface area contributed by atoms with E-state index in [0.717, 1.165) is 30.9 Å². The molecule has 0 unspecified atom stereocenters. The van der Waals surface area contributed by atoms with E-state index in [1.54, 1.807) is 27.1 Å². The predicted octanol–water partition coefficient (Wildman–Crippen LogP) is -0.599. The molecule has 1 radical (unpaired) electrons. The van der Waals surface area contributed by atoms with E-state index in [0.29, 0.717) is 84.7 Å². The monoisotopic (exact) mass is 812 g/mol. The fourth-order valence-corrected chi connectivity index (χ4v) is 5.56. The van der Waals surface area contributed by atoms with Gasteiger partial charge in [-0.1, -0.05) is 12.1 Å². The van der Waals surface area contributed by atoms with E-state index < -0.39 is 17.9 Å². The van der Waals surface area contributed by atoms with E-state index in [-0.39, 0.29) is 65.4 Å². The Morgan fingerprint density at radius 3 is 1.67 bits per heavy atom. The molecule has 263 valence electrons. The first-order valence-corrected chi connectivity index (χ1v) is 16.2. The van der Waals surface area contributed by atoms with Crippen molar-refractivity contribution in [3.8, 4) is 0 Å². The van der Waals surface area contributed by atoms with Crippen LogP contribution in [0.15, 0.2) is 48.8 Å². The van der Waals surface area contributed by atoms with Gasteiger partial charge in [-0.15, -0.1) is 0 Å². The third kappa shape index (κ3) is 18.3. The van der Waals surface area contributed by atoms with Gasteiger partial charge in [0.05, 0.1) is 24.8 Å². The molecule has 2 N–H and O–H groups in total. The Bertz CT molecular complexity index is 1210. The molecule has 0 aromatic carbocycles. The second-order valence-electron chi connectivity index (χ2n) is 11.9. The average Bonchev–Trinajstić information content (AvgIpc) is 3.03. The molecule has 1 aliphatic heterocycles. The molecule has 1 aliphatic rings. The van der Waals surface area contributed by atoms with Gasteiger partial charge in [0.1, 0.15) is 5.78 Å². The quantitative estimate of drug-likeness (QED) is 0.196. The Morgan fingerprint density at radius 2 is 1.19 bits per heavy atom. The molecule has 48 heavy (non-hydrogen) atoms. The smallest absolute Gasteiger partial charge is 0.549 e. The van der Waals surface area contributed by atoms with Gasteiger partial charge in [0.2, 0.25) is 0 Å². The van der Waals surface area contributed by atoms with Crippen molar-refractivity contribution in [2.45, 2.75) is 32.2 Å². The standard InChI is InChI=1S/C33H49N7O7.Gd/c41-30(8-5-13-37(24-29-7-2-4-12-35-29)14-9-28-6-1-3-11-34-28)10-15-36-16-18-38(25-31(42)43)20-22-40(27-33(46)47)23-21-39(19-17-36)26-32(44)45;/h1-4,6-7,11-12H,5,8-10,13-27H2,(H,42,43)(H,44,45)(H,46,47);/q;+3/p-1. The first kappa shape index (κ1) is 41.7. The summed E-state index contributed by atoms with van der Waals surface area (Å²) in [4.78, 5) is 65.8. The van der Waals surface area contributed by atoms with Crippen molar-refractivity contribution < 1.29 is 74.4 Å². The van der Waals surface area contributed by atoms with E-state index in [1.165, 1.54) is 0 Å². The van der Waals surface area contributed by atoms with Crippen LogP contribution in [0.4, 0.5) is 0 Å². The first-order valence-electron chi connectivity index (χ1n) is 16.2. The van der Waals surface area contributed by atoms with Crippen molar-refractivity contribution in [2.24, 2.45) is 0 Å². The molecule has 0 atom stereocenters. The van der Waals surface area contributed by atoms with Crippen molar-refractivity contribution in [1.82, 2.24) is 34.5 Å². The zero-order valence-corrected chi connectivity index (χ0v) is 29.7. The zero-order chi connectivity index (χ0) is 33.9. The maximum Gasteiger partial charge on any atom is 3.00 e. The summed E-state index contributed by atoms with van der Waals surface area (Å²) < 4.78 is 0. The van der Waals surface area contributed by atoms with Gasteiger partial charge in [-0.05, 0) is 37.2 Å². The largest absolute Gasteiger partial charge is 3.00 e. The number of carbonyl (C=O) groups is 4. The molecule has 0 amide bonds. The zero-order valence-electron chi connectivity index (χ0n) is 27.5. The summed E-state index contributed by atoms with van der Waals surface area (Å²) in [7, 11) is 0. The van der Waals surface area contributed by atoms with Crippen LogP contribution in [0.25, 0.3) is 0 Å². The van der Waals surface area contributed by atoms with Gasteiger partial charge in [-0.2, -0.15) is 0 Å². The van der Waals surface area contributed by atoms with Crippen LogP contribution in [0.5, 0.6) is 0 Å². The Kier molecular flexibility index (Phi) is 20.7. The third-order valence-electron chi connectivity index (χ3n) is 8.16. The number of carboxylic acids is 3. The summed E-state index contributed by atoms with van der Waals surface area (Å²) >= 11 is 0. The molecule has 14 nitrogen and oxygen atoms in total. The third-order valence-corrected chi connectivity index (χ3v) is 8.16. The van der Waals surface area contributed by atoms with E-state index in [9.17, 15) is 34.5 Å². The van der Waals surface area contributed by atoms with Gasteiger partial charge in [-0.25, -0.2) is 0 Å². The summed E-state index contributed by atoms with van der Waals surface area (Å²) in [6.45, 7) is 5.09. The van der Waals surface area contributed by atoms with Crippen molar-refractivity contribution in [2.75, 3.05) is 91.6 Å². The number of ketones is 1. The number of pyridine rings is 2. The second-order valence-corrected chi connectivity index (χ2v) is 11.9. The molecule has 0 bridgehead atoms. The SMILES string of the molecule is O=C([O-])CN1CCN(CCC(=O)CCCN(CCc2ccccn2)Cc2ccccn2)CCN(CC(=O)O)CCN(CC(=O)O)CC1.[Gd+3].